The van der Waals surface area contributed by atoms with Crippen molar-refractivity contribution in [1.82, 2.24) is 15.2 Å². The van der Waals surface area contributed by atoms with E-state index in [1.54, 1.807) is 11.3 Å². The van der Waals surface area contributed by atoms with E-state index in [4.69, 9.17) is 15.6 Å². The smallest absolute Gasteiger partial charge is 0.300 e. The monoisotopic (exact) mass is 416 g/mol. The zero-order valence-corrected chi connectivity index (χ0v) is 17.3. The second kappa shape index (κ2) is 7.96. The lowest BCUT2D eigenvalue weighted by atomic mass is 9.98. The van der Waals surface area contributed by atoms with Gasteiger partial charge in [0.15, 0.2) is 0 Å². The third-order valence-electron chi connectivity index (χ3n) is 4.68. The quantitative estimate of drug-likeness (QED) is 0.353. The van der Waals surface area contributed by atoms with E-state index < -0.39 is 5.97 Å². The number of hydrogen-bond acceptors (Lipinski definition) is 5. The number of aliphatic carboxylic acids is 1. The number of fused-ring (bicyclic) bond motifs is 2. The van der Waals surface area contributed by atoms with Gasteiger partial charge >= 0.3 is 0 Å². The van der Waals surface area contributed by atoms with Crippen molar-refractivity contribution in [2.24, 2.45) is 0 Å². The van der Waals surface area contributed by atoms with Gasteiger partial charge in [0.05, 0.1) is 11.7 Å². The molecule has 5 rings (SSSR count). The molecule has 150 valence electrons. The molecule has 0 aliphatic heterocycles. The number of aromatic nitrogens is 3. The molecule has 3 aromatic heterocycles. The molecule has 30 heavy (non-hydrogen) atoms. The number of nitrogens with one attached hydrogen (secondary N) is 1. The van der Waals surface area contributed by atoms with Crippen LogP contribution in [-0.4, -0.2) is 26.3 Å². The van der Waals surface area contributed by atoms with Gasteiger partial charge < -0.3 is 10.8 Å². The number of pyridine rings is 1. The highest BCUT2D eigenvalue weighted by Crippen LogP contribution is 2.39. The summed E-state index contributed by atoms with van der Waals surface area (Å²) in [7, 11) is 0. The minimum atomic E-state index is -0.833. The second-order valence-corrected chi connectivity index (χ2v) is 8.03. The number of carbonyl (C=O) groups is 1. The molecule has 5 aromatic rings. The van der Waals surface area contributed by atoms with Crippen LogP contribution in [0.2, 0.25) is 0 Å². The van der Waals surface area contributed by atoms with Crippen LogP contribution in [0.1, 0.15) is 12.5 Å². The van der Waals surface area contributed by atoms with E-state index in [-0.39, 0.29) is 0 Å². The minimum absolute atomic E-state index is 0.542. The lowest BCUT2D eigenvalue weighted by Crippen LogP contribution is -1.93. The zero-order valence-electron chi connectivity index (χ0n) is 16.5. The van der Waals surface area contributed by atoms with Crippen molar-refractivity contribution in [2.45, 2.75) is 13.8 Å². The summed E-state index contributed by atoms with van der Waals surface area (Å²) in [6.45, 7) is 3.14. The van der Waals surface area contributed by atoms with Crippen LogP contribution in [0, 0.1) is 6.92 Å². The number of nitrogens with two attached hydrogens (primary N) is 1. The number of anilines is 1. The van der Waals surface area contributed by atoms with Gasteiger partial charge in [-0.1, -0.05) is 18.2 Å². The molecular formula is C23H20N4O2S. The molecule has 0 atom stereocenters. The lowest BCUT2D eigenvalue weighted by molar-refractivity contribution is -0.134. The molecule has 0 aliphatic carbocycles. The van der Waals surface area contributed by atoms with Gasteiger partial charge in [-0.25, -0.2) is 4.98 Å². The SMILES string of the molecule is CC(=O)O.Cc1cc(N)ncc1-c1cc(-c2cc3ccccc3s2)c2[nH]ncc2c1. The highest BCUT2D eigenvalue weighted by Gasteiger charge is 2.13. The summed E-state index contributed by atoms with van der Waals surface area (Å²) in [5.74, 6) is -0.291. The van der Waals surface area contributed by atoms with Crippen molar-refractivity contribution < 1.29 is 9.90 Å². The van der Waals surface area contributed by atoms with Crippen LogP contribution in [-0.2, 0) is 4.79 Å². The van der Waals surface area contributed by atoms with Crippen LogP contribution in [0.4, 0.5) is 5.82 Å². The van der Waals surface area contributed by atoms with Crippen molar-refractivity contribution >= 4 is 44.1 Å². The van der Waals surface area contributed by atoms with E-state index in [0.29, 0.717) is 5.82 Å². The van der Waals surface area contributed by atoms with Gasteiger partial charge in [-0.05, 0) is 53.8 Å². The van der Waals surface area contributed by atoms with E-state index in [1.807, 2.05) is 18.5 Å². The van der Waals surface area contributed by atoms with Gasteiger partial charge in [0, 0.05) is 39.2 Å². The Morgan fingerprint density at radius 2 is 1.83 bits per heavy atom. The fourth-order valence-corrected chi connectivity index (χ4v) is 4.49. The molecule has 7 heteroatoms. The average Bonchev–Trinajstić information content (AvgIpc) is 3.33. The first kappa shape index (κ1) is 19.6. The molecule has 0 spiro atoms. The van der Waals surface area contributed by atoms with Gasteiger partial charge in [0.2, 0.25) is 0 Å². The third kappa shape index (κ3) is 3.88. The number of nitrogen functional groups attached to an aromatic ring is 1. The summed E-state index contributed by atoms with van der Waals surface area (Å²) < 4.78 is 1.28. The Morgan fingerprint density at radius 3 is 2.57 bits per heavy atom. The van der Waals surface area contributed by atoms with E-state index in [1.165, 1.54) is 15.0 Å². The van der Waals surface area contributed by atoms with E-state index in [0.717, 1.165) is 40.1 Å². The summed E-state index contributed by atoms with van der Waals surface area (Å²) in [6, 6.07) is 17.0. The maximum absolute atomic E-state index is 9.00. The predicted molar refractivity (Wildman–Crippen MR) is 123 cm³/mol. The summed E-state index contributed by atoms with van der Waals surface area (Å²) >= 11 is 1.80. The number of rotatable bonds is 2. The van der Waals surface area contributed by atoms with Crippen LogP contribution >= 0.6 is 11.3 Å². The van der Waals surface area contributed by atoms with Gasteiger partial charge in [-0.15, -0.1) is 11.3 Å². The number of nitrogens with zero attached hydrogens (tertiary/aromatic N) is 2. The second-order valence-electron chi connectivity index (χ2n) is 6.95. The molecule has 0 unspecified atom stereocenters. The van der Waals surface area contributed by atoms with Gasteiger partial charge in [0.25, 0.3) is 5.97 Å². The molecule has 2 aromatic carbocycles. The molecule has 0 radical (unpaired) electrons. The standard InChI is InChI=1S/C21H16N4S.C2H4O2/c1-12-6-20(22)23-11-17(12)14-7-15-10-24-25-21(15)16(8-14)19-9-13-4-2-3-5-18(13)26-19;1-2(3)4/h2-11H,1H3,(H2,22,23)(H,24,25);1H3,(H,3,4). The molecule has 0 bridgehead atoms. The summed E-state index contributed by atoms with van der Waals surface area (Å²) in [4.78, 5) is 14.5. The van der Waals surface area contributed by atoms with E-state index in [2.05, 4.69) is 64.6 Å². The van der Waals surface area contributed by atoms with Crippen LogP contribution in [0.5, 0.6) is 0 Å². The van der Waals surface area contributed by atoms with Gasteiger partial charge in [-0.2, -0.15) is 5.10 Å². The van der Waals surface area contributed by atoms with Crippen molar-refractivity contribution in [1.29, 1.82) is 0 Å². The zero-order chi connectivity index (χ0) is 21.3. The highest BCUT2D eigenvalue weighted by molar-refractivity contribution is 7.22. The molecule has 3 heterocycles. The van der Waals surface area contributed by atoms with E-state index in [9.17, 15) is 0 Å². The number of carboxylic acids is 1. The molecule has 0 fully saturated rings. The average molecular weight is 417 g/mol. The highest BCUT2D eigenvalue weighted by atomic mass is 32.1. The molecule has 0 saturated carbocycles. The summed E-state index contributed by atoms with van der Waals surface area (Å²) in [5.41, 5.74) is 11.4. The summed E-state index contributed by atoms with van der Waals surface area (Å²) in [5, 5.41) is 17.2. The molecule has 0 aliphatic rings. The Hall–Kier alpha value is -3.71. The first-order valence-corrected chi connectivity index (χ1v) is 10.1. The number of aryl methyl sites for hydroxylation is 1. The molecular weight excluding hydrogens is 396 g/mol. The van der Waals surface area contributed by atoms with Crippen LogP contribution < -0.4 is 5.73 Å². The Morgan fingerprint density at radius 1 is 1.07 bits per heavy atom. The first-order chi connectivity index (χ1) is 14.4. The van der Waals surface area contributed by atoms with Crippen LogP contribution in [0.15, 0.2) is 60.9 Å². The molecule has 6 nitrogen and oxygen atoms in total. The molecule has 0 saturated heterocycles. The molecule has 4 N–H and O–H groups in total. The number of thiophene rings is 1. The lowest BCUT2D eigenvalue weighted by Gasteiger charge is -2.09. The number of H-pyrrole nitrogens is 1. The Balaban J connectivity index is 0.000000503. The van der Waals surface area contributed by atoms with Crippen molar-refractivity contribution in [2.75, 3.05) is 5.73 Å². The van der Waals surface area contributed by atoms with Gasteiger partial charge in [-0.3, -0.25) is 9.89 Å². The van der Waals surface area contributed by atoms with Crippen LogP contribution in [0.25, 0.3) is 42.6 Å². The number of carboxylic acid groups (broad SMARTS) is 1. The van der Waals surface area contributed by atoms with Crippen molar-refractivity contribution in [3.05, 3.63) is 66.5 Å². The maximum Gasteiger partial charge on any atom is 0.300 e. The Bertz CT molecular complexity index is 1330. The van der Waals surface area contributed by atoms with Crippen LogP contribution in [0.3, 0.4) is 0 Å². The fourth-order valence-electron chi connectivity index (χ4n) is 3.40. The number of hydrogen-bond donors (Lipinski definition) is 3. The Kier molecular flexibility index (Phi) is 5.20. The Labute approximate surface area is 177 Å². The maximum atomic E-state index is 9.00. The molecule has 0 amide bonds. The normalized spacial score (nSPS) is 10.7. The van der Waals surface area contributed by atoms with Crippen molar-refractivity contribution in [3.63, 3.8) is 0 Å². The summed E-state index contributed by atoms with van der Waals surface area (Å²) in [6.07, 6.45) is 3.72. The van der Waals surface area contributed by atoms with Crippen molar-refractivity contribution in [3.8, 4) is 21.6 Å². The third-order valence-corrected chi connectivity index (χ3v) is 5.83. The van der Waals surface area contributed by atoms with E-state index >= 15 is 0 Å². The first-order valence-electron chi connectivity index (χ1n) is 9.30. The minimum Gasteiger partial charge on any atom is -0.481 e. The topological polar surface area (TPSA) is 105 Å². The number of aromatic amines is 1. The predicted octanol–water partition coefficient (Wildman–Crippen LogP) is 5.49. The number of benzene rings is 2. The largest absolute Gasteiger partial charge is 0.481 e. The fraction of sp³-hybridized carbons (Fsp3) is 0.0870. The van der Waals surface area contributed by atoms with Gasteiger partial charge in [0.1, 0.15) is 5.82 Å².